The fourth-order valence-electron chi connectivity index (χ4n) is 3.26. The fourth-order valence-corrected chi connectivity index (χ4v) is 4.40. The highest BCUT2D eigenvalue weighted by molar-refractivity contribution is 7.98. The summed E-state index contributed by atoms with van der Waals surface area (Å²) in [5.74, 6) is 1.67. The predicted molar refractivity (Wildman–Crippen MR) is 122 cm³/mol. The molecule has 1 heterocycles. The lowest BCUT2D eigenvalue weighted by atomic mass is 10.1. The molecule has 0 amide bonds. The highest BCUT2D eigenvalue weighted by Gasteiger charge is 2.17. The first-order valence-electron chi connectivity index (χ1n) is 9.48. The number of benzene rings is 3. The van der Waals surface area contributed by atoms with Gasteiger partial charge in [0, 0.05) is 22.0 Å². The van der Waals surface area contributed by atoms with Crippen molar-refractivity contribution in [2.45, 2.75) is 31.7 Å². The number of aryl methyl sites for hydroxylation is 3. The minimum Gasteiger partial charge on any atom is -0.270 e. The quantitative estimate of drug-likeness (QED) is 0.333. The normalized spacial score (nSPS) is 11.0. The standard InChI is InChI=1S/C24H22ClN3S/c1-16-5-4-6-19(13-16)23-26-27-24(28(23)22-11-9-21(25)10-12-22)29-15-20-14-17(2)7-8-18(20)3/h4-14H,15H2,1-3H3. The second kappa shape index (κ2) is 8.44. The van der Waals surface area contributed by atoms with Crippen molar-refractivity contribution in [1.82, 2.24) is 14.8 Å². The molecule has 0 spiro atoms. The Kier molecular flexibility index (Phi) is 5.74. The van der Waals surface area contributed by atoms with E-state index in [4.69, 9.17) is 11.6 Å². The molecule has 0 saturated heterocycles. The number of halogens is 1. The molecule has 146 valence electrons. The van der Waals surface area contributed by atoms with Gasteiger partial charge in [-0.2, -0.15) is 0 Å². The molecular weight excluding hydrogens is 398 g/mol. The zero-order chi connectivity index (χ0) is 20.4. The lowest BCUT2D eigenvalue weighted by molar-refractivity contribution is 0.886. The number of hydrogen-bond donors (Lipinski definition) is 0. The van der Waals surface area contributed by atoms with Crippen molar-refractivity contribution in [3.8, 4) is 17.1 Å². The van der Waals surface area contributed by atoms with Crippen LogP contribution in [0.2, 0.25) is 5.02 Å². The molecular formula is C24H22ClN3S. The monoisotopic (exact) mass is 419 g/mol. The van der Waals surface area contributed by atoms with Crippen LogP contribution in [0.5, 0.6) is 0 Å². The molecule has 0 atom stereocenters. The molecule has 0 aliphatic heterocycles. The summed E-state index contributed by atoms with van der Waals surface area (Å²) in [6.45, 7) is 6.36. The molecule has 4 rings (SSSR count). The van der Waals surface area contributed by atoms with E-state index in [1.807, 2.05) is 24.3 Å². The summed E-state index contributed by atoms with van der Waals surface area (Å²) < 4.78 is 2.11. The molecule has 4 aromatic rings. The summed E-state index contributed by atoms with van der Waals surface area (Å²) in [6, 6.07) is 22.7. The predicted octanol–water partition coefficient (Wildman–Crippen LogP) is 6.81. The Morgan fingerprint density at radius 3 is 2.38 bits per heavy atom. The molecule has 0 aliphatic rings. The largest absolute Gasteiger partial charge is 0.270 e. The Balaban J connectivity index is 1.75. The number of hydrogen-bond acceptors (Lipinski definition) is 3. The van der Waals surface area contributed by atoms with E-state index in [-0.39, 0.29) is 0 Å². The van der Waals surface area contributed by atoms with Gasteiger partial charge in [0.05, 0.1) is 0 Å². The van der Waals surface area contributed by atoms with Crippen molar-refractivity contribution in [1.29, 1.82) is 0 Å². The van der Waals surface area contributed by atoms with E-state index >= 15 is 0 Å². The topological polar surface area (TPSA) is 30.7 Å². The van der Waals surface area contributed by atoms with E-state index in [1.54, 1.807) is 11.8 Å². The van der Waals surface area contributed by atoms with Crippen LogP contribution < -0.4 is 0 Å². The fraction of sp³-hybridized carbons (Fsp3) is 0.167. The molecule has 0 radical (unpaired) electrons. The summed E-state index contributed by atoms with van der Waals surface area (Å²) in [5, 5.41) is 10.6. The van der Waals surface area contributed by atoms with Crippen LogP contribution in [-0.4, -0.2) is 14.8 Å². The number of nitrogens with zero attached hydrogens (tertiary/aromatic N) is 3. The molecule has 1 aromatic heterocycles. The van der Waals surface area contributed by atoms with Crippen LogP contribution in [-0.2, 0) is 5.75 Å². The molecule has 0 saturated carbocycles. The number of aromatic nitrogens is 3. The van der Waals surface area contributed by atoms with Crippen molar-refractivity contribution < 1.29 is 0 Å². The van der Waals surface area contributed by atoms with Crippen molar-refractivity contribution >= 4 is 23.4 Å². The van der Waals surface area contributed by atoms with Gasteiger partial charge in [-0.1, -0.05) is 70.9 Å². The Morgan fingerprint density at radius 1 is 0.862 bits per heavy atom. The van der Waals surface area contributed by atoms with Gasteiger partial charge in [-0.15, -0.1) is 10.2 Å². The molecule has 0 aliphatic carbocycles. The summed E-state index contributed by atoms with van der Waals surface area (Å²) >= 11 is 7.82. The van der Waals surface area contributed by atoms with Crippen LogP contribution in [0, 0.1) is 20.8 Å². The van der Waals surface area contributed by atoms with E-state index < -0.39 is 0 Å². The highest BCUT2D eigenvalue weighted by atomic mass is 35.5. The summed E-state index contributed by atoms with van der Waals surface area (Å²) in [4.78, 5) is 0. The highest BCUT2D eigenvalue weighted by Crippen LogP contribution is 2.31. The van der Waals surface area contributed by atoms with Crippen molar-refractivity contribution in [2.75, 3.05) is 0 Å². The van der Waals surface area contributed by atoms with Crippen molar-refractivity contribution in [3.05, 3.63) is 94.0 Å². The van der Waals surface area contributed by atoms with Gasteiger partial charge in [0.25, 0.3) is 0 Å². The van der Waals surface area contributed by atoms with E-state index in [2.05, 4.69) is 78.0 Å². The number of rotatable bonds is 5. The summed E-state index contributed by atoms with van der Waals surface area (Å²) in [5.41, 5.74) is 7.12. The molecule has 29 heavy (non-hydrogen) atoms. The second-order valence-electron chi connectivity index (χ2n) is 7.21. The zero-order valence-corrected chi connectivity index (χ0v) is 18.3. The molecule has 0 N–H and O–H groups in total. The molecule has 0 fully saturated rings. The molecule has 5 heteroatoms. The summed E-state index contributed by atoms with van der Waals surface area (Å²) in [7, 11) is 0. The third-order valence-electron chi connectivity index (χ3n) is 4.86. The first kappa shape index (κ1) is 19.7. The number of thioether (sulfide) groups is 1. The second-order valence-corrected chi connectivity index (χ2v) is 8.59. The SMILES string of the molecule is Cc1cccc(-c2nnc(SCc3cc(C)ccc3C)n2-c2ccc(Cl)cc2)c1. The zero-order valence-electron chi connectivity index (χ0n) is 16.7. The van der Waals surface area contributed by atoms with Crippen LogP contribution in [0.15, 0.2) is 71.9 Å². The molecule has 3 nitrogen and oxygen atoms in total. The first-order valence-corrected chi connectivity index (χ1v) is 10.8. The van der Waals surface area contributed by atoms with Gasteiger partial charge in [-0.05, 0) is 62.2 Å². The Morgan fingerprint density at radius 2 is 1.62 bits per heavy atom. The van der Waals surface area contributed by atoms with Gasteiger partial charge in [0.2, 0.25) is 0 Å². The average Bonchev–Trinajstić information content (AvgIpc) is 3.13. The Hall–Kier alpha value is -2.56. The maximum absolute atomic E-state index is 6.12. The smallest absolute Gasteiger partial charge is 0.196 e. The van der Waals surface area contributed by atoms with Gasteiger partial charge in [-0.3, -0.25) is 4.57 Å². The van der Waals surface area contributed by atoms with Gasteiger partial charge in [0.15, 0.2) is 11.0 Å². The molecule has 3 aromatic carbocycles. The molecule has 0 unspecified atom stereocenters. The van der Waals surface area contributed by atoms with E-state index in [1.165, 1.54) is 22.3 Å². The summed E-state index contributed by atoms with van der Waals surface area (Å²) in [6.07, 6.45) is 0. The third kappa shape index (κ3) is 4.39. The Bertz CT molecular complexity index is 1150. The minimum absolute atomic E-state index is 0.712. The van der Waals surface area contributed by atoms with E-state index in [0.717, 1.165) is 28.0 Å². The van der Waals surface area contributed by atoms with E-state index in [0.29, 0.717) is 5.02 Å². The van der Waals surface area contributed by atoms with E-state index in [9.17, 15) is 0 Å². The van der Waals surface area contributed by atoms with Crippen LogP contribution in [0.4, 0.5) is 0 Å². The maximum atomic E-state index is 6.12. The lowest BCUT2D eigenvalue weighted by Gasteiger charge is -2.12. The molecule has 0 bridgehead atoms. The van der Waals surface area contributed by atoms with Gasteiger partial charge in [-0.25, -0.2) is 0 Å². The van der Waals surface area contributed by atoms with Crippen molar-refractivity contribution in [3.63, 3.8) is 0 Å². The van der Waals surface area contributed by atoms with Gasteiger partial charge >= 0.3 is 0 Å². The third-order valence-corrected chi connectivity index (χ3v) is 6.09. The van der Waals surface area contributed by atoms with Crippen LogP contribution in [0.25, 0.3) is 17.1 Å². The van der Waals surface area contributed by atoms with Gasteiger partial charge < -0.3 is 0 Å². The van der Waals surface area contributed by atoms with Crippen LogP contribution >= 0.6 is 23.4 Å². The maximum Gasteiger partial charge on any atom is 0.196 e. The Labute approximate surface area is 180 Å². The first-order chi connectivity index (χ1) is 14.0. The average molecular weight is 420 g/mol. The van der Waals surface area contributed by atoms with Crippen molar-refractivity contribution in [2.24, 2.45) is 0 Å². The minimum atomic E-state index is 0.712. The van der Waals surface area contributed by atoms with Gasteiger partial charge in [0.1, 0.15) is 0 Å². The van der Waals surface area contributed by atoms with Crippen LogP contribution in [0.3, 0.4) is 0 Å². The lowest BCUT2D eigenvalue weighted by Crippen LogP contribution is -2.00. The van der Waals surface area contributed by atoms with Crippen LogP contribution in [0.1, 0.15) is 22.3 Å².